The molecule has 4 rings (SSSR count). The molecule has 1 atom stereocenters. The lowest BCUT2D eigenvalue weighted by Gasteiger charge is -2.22. The second kappa shape index (κ2) is 9.81. The van der Waals surface area contributed by atoms with Gasteiger partial charge in [0, 0.05) is 5.92 Å². The van der Waals surface area contributed by atoms with E-state index in [2.05, 4.69) is 27.7 Å². The highest BCUT2D eigenvalue weighted by atomic mass is 127. The number of nitrogens with zero attached hydrogens (tertiary/aromatic N) is 3. The third kappa shape index (κ3) is 4.85. The van der Waals surface area contributed by atoms with E-state index in [1.54, 1.807) is 24.4 Å². The second-order valence-electron chi connectivity index (χ2n) is 7.97. The van der Waals surface area contributed by atoms with E-state index in [0.29, 0.717) is 16.7 Å². The Balaban J connectivity index is 1.70. The molecule has 1 fully saturated rings. The standard InChI is InChI=1S/C24H24IN3O4/c1-15(24(30)31)32-21-12-11-16(13-19(21)25)14-26-28-22(17-7-3-2-4-8-17)27-20-10-6-5-9-18(20)23(28)29/h5-6,9-15,17H,2-4,7-8H2,1H3,(H,30,31)/t15-/m0/s1. The van der Waals surface area contributed by atoms with Crippen LogP contribution in [0.2, 0.25) is 0 Å². The van der Waals surface area contributed by atoms with Gasteiger partial charge in [0.1, 0.15) is 11.6 Å². The van der Waals surface area contributed by atoms with Crippen molar-refractivity contribution < 1.29 is 14.6 Å². The minimum Gasteiger partial charge on any atom is -0.479 e. The largest absolute Gasteiger partial charge is 0.479 e. The Morgan fingerprint density at radius 2 is 2.00 bits per heavy atom. The van der Waals surface area contributed by atoms with E-state index in [1.165, 1.54) is 18.0 Å². The van der Waals surface area contributed by atoms with E-state index in [-0.39, 0.29) is 11.5 Å². The zero-order valence-corrected chi connectivity index (χ0v) is 19.9. The predicted octanol–water partition coefficient (Wildman–Crippen LogP) is 4.78. The van der Waals surface area contributed by atoms with Crippen LogP contribution in [0.25, 0.3) is 10.9 Å². The molecule has 3 aromatic rings. The van der Waals surface area contributed by atoms with Gasteiger partial charge in [-0.25, -0.2) is 9.78 Å². The van der Waals surface area contributed by atoms with Gasteiger partial charge in [-0.1, -0.05) is 31.4 Å². The summed E-state index contributed by atoms with van der Waals surface area (Å²) in [5.74, 6) is 0.399. The first-order valence-corrected chi connectivity index (χ1v) is 11.8. The Kier molecular flexibility index (Phi) is 6.88. The maximum absolute atomic E-state index is 13.3. The van der Waals surface area contributed by atoms with Gasteiger partial charge in [-0.15, -0.1) is 0 Å². The zero-order valence-electron chi connectivity index (χ0n) is 17.7. The van der Waals surface area contributed by atoms with Crippen LogP contribution in [0.4, 0.5) is 0 Å². The van der Waals surface area contributed by atoms with Crippen molar-refractivity contribution in [1.29, 1.82) is 0 Å². The number of carboxylic acids is 1. The van der Waals surface area contributed by atoms with Crippen molar-refractivity contribution in [2.75, 3.05) is 0 Å². The normalized spacial score (nSPS) is 15.8. The number of aliphatic carboxylic acids is 1. The fourth-order valence-electron chi connectivity index (χ4n) is 3.94. The SMILES string of the molecule is C[C@H](Oc1ccc(C=Nn2c(C3CCCCC3)nc3ccccc3c2=O)cc1I)C(=O)O. The summed E-state index contributed by atoms with van der Waals surface area (Å²) >= 11 is 2.10. The number of fused-ring (bicyclic) bond motifs is 1. The molecule has 1 aliphatic carbocycles. The lowest BCUT2D eigenvalue weighted by atomic mass is 9.88. The summed E-state index contributed by atoms with van der Waals surface area (Å²) in [7, 11) is 0. The van der Waals surface area contributed by atoms with Crippen molar-refractivity contribution in [3.8, 4) is 5.75 Å². The summed E-state index contributed by atoms with van der Waals surface area (Å²) in [6.45, 7) is 1.49. The maximum Gasteiger partial charge on any atom is 0.344 e. The molecule has 1 aliphatic rings. The molecule has 0 unspecified atom stereocenters. The van der Waals surface area contributed by atoms with Gasteiger partial charge in [-0.05, 0) is 78.3 Å². The average molecular weight is 545 g/mol. The first kappa shape index (κ1) is 22.4. The third-order valence-corrected chi connectivity index (χ3v) is 6.52. The Hall–Kier alpha value is -2.75. The molecule has 0 amide bonds. The second-order valence-corrected chi connectivity index (χ2v) is 9.13. The highest BCUT2D eigenvalue weighted by molar-refractivity contribution is 14.1. The number of benzene rings is 2. The summed E-state index contributed by atoms with van der Waals surface area (Å²) < 4.78 is 7.68. The number of aromatic nitrogens is 2. The van der Waals surface area contributed by atoms with Gasteiger partial charge in [-0.2, -0.15) is 9.78 Å². The lowest BCUT2D eigenvalue weighted by molar-refractivity contribution is -0.144. The molecule has 7 nitrogen and oxygen atoms in total. The van der Waals surface area contributed by atoms with Crippen LogP contribution in [0.3, 0.4) is 0 Å². The zero-order chi connectivity index (χ0) is 22.7. The number of hydrogen-bond donors (Lipinski definition) is 1. The molecule has 0 bridgehead atoms. The molecule has 1 aromatic heterocycles. The van der Waals surface area contributed by atoms with Crippen molar-refractivity contribution in [1.82, 2.24) is 9.66 Å². The molecular formula is C24H24IN3O4. The van der Waals surface area contributed by atoms with Gasteiger partial charge in [0.2, 0.25) is 0 Å². The van der Waals surface area contributed by atoms with E-state index >= 15 is 0 Å². The average Bonchev–Trinajstić information content (AvgIpc) is 2.80. The number of rotatable bonds is 6. The Bertz CT molecular complexity index is 1230. The van der Waals surface area contributed by atoms with Crippen LogP contribution in [0.5, 0.6) is 5.75 Å². The van der Waals surface area contributed by atoms with Crippen molar-refractivity contribution in [3.05, 3.63) is 67.8 Å². The monoisotopic (exact) mass is 545 g/mol. The highest BCUT2D eigenvalue weighted by Crippen LogP contribution is 2.31. The van der Waals surface area contributed by atoms with Gasteiger partial charge in [-0.3, -0.25) is 4.79 Å². The van der Waals surface area contributed by atoms with Crippen molar-refractivity contribution in [2.24, 2.45) is 5.10 Å². The van der Waals surface area contributed by atoms with Crippen molar-refractivity contribution in [2.45, 2.75) is 51.0 Å². The van der Waals surface area contributed by atoms with E-state index in [0.717, 1.165) is 40.6 Å². The third-order valence-electron chi connectivity index (χ3n) is 5.68. The van der Waals surface area contributed by atoms with Gasteiger partial charge >= 0.3 is 5.97 Å². The number of carbonyl (C=O) groups is 1. The van der Waals surface area contributed by atoms with E-state index < -0.39 is 12.1 Å². The van der Waals surface area contributed by atoms with Crippen LogP contribution >= 0.6 is 22.6 Å². The molecule has 0 saturated heterocycles. The summed E-state index contributed by atoms with van der Waals surface area (Å²) in [5.41, 5.74) is 1.31. The van der Waals surface area contributed by atoms with Gasteiger partial charge < -0.3 is 9.84 Å². The summed E-state index contributed by atoms with van der Waals surface area (Å²) in [4.78, 5) is 29.1. The van der Waals surface area contributed by atoms with E-state index in [9.17, 15) is 9.59 Å². The van der Waals surface area contributed by atoms with Crippen LogP contribution in [0.15, 0.2) is 52.4 Å². The molecule has 1 saturated carbocycles. The molecule has 0 aliphatic heterocycles. The molecule has 1 N–H and O–H groups in total. The molecule has 32 heavy (non-hydrogen) atoms. The first-order valence-electron chi connectivity index (χ1n) is 10.7. The van der Waals surface area contributed by atoms with Crippen molar-refractivity contribution in [3.63, 3.8) is 0 Å². The minimum absolute atomic E-state index is 0.169. The summed E-state index contributed by atoms with van der Waals surface area (Å²) in [6, 6.07) is 12.7. The molecule has 2 aromatic carbocycles. The van der Waals surface area contributed by atoms with Gasteiger partial charge in [0.15, 0.2) is 6.10 Å². The fraction of sp³-hybridized carbons (Fsp3) is 0.333. The molecule has 166 valence electrons. The van der Waals surface area contributed by atoms with Crippen LogP contribution in [0, 0.1) is 3.57 Å². The Morgan fingerprint density at radius 1 is 1.25 bits per heavy atom. The summed E-state index contributed by atoms with van der Waals surface area (Å²) in [6.07, 6.45) is 6.18. The minimum atomic E-state index is -1.02. The number of para-hydroxylation sites is 1. The summed E-state index contributed by atoms with van der Waals surface area (Å²) in [5, 5.41) is 14.1. The lowest BCUT2D eigenvalue weighted by Crippen LogP contribution is -2.25. The topological polar surface area (TPSA) is 93.8 Å². The Labute approximate surface area is 199 Å². The number of ether oxygens (including phenoxy) is 1. The smallest absolute Gasteiger partial charge is 0.344 e. The van der Waals surface area contributed by atoms with Crippen LogP contribution in [-0.4, -0.2) is 33.1 Å². The number of hydrogen-bond acceptors (Lipinski definition) is 5. The quantitative estimate of drug-likeness (QED) is 0.356. The Morgan fingerprint density at radius 3 is 2.72 bits per heavy atom. The first-order chi connectivity index (χ1) is 15.4. The molecular weight excluding hydrogens is 521 g/mol. The predicted molar refractivity (Wildman–Crippen MR) is 132 cm³/mol. The number of halogens is 1. The molecule has 0 radical (unpaired) electrons. The molecule has 1 heterocycles. The fourth-order valence-corrected chi connectivity index (χ4v) is 4.60. The highest BCUT2D eigenvalue weighted by Gasteiger charge is 2.22. The molecule has 0 spiro atoms. The van der Waals surface area contributed by atoms with E-state index in [4.69, 9.17) is 14.8 Å². The maximum atomic E-state index is 13.3. The van der Waals surface area contributed by atoms with Crippen LogP contribution in [-0.2, 0) is 4.79 Å². The van der Waals surface area contributed by atoms with Crippen LogP contribution in [0.1, 0.15) is 56.3 Å². The number of carboxylic acid groups (broad SMARTS) is 1. The van der Waals surface area contributed by atoms with Crippen molar-refractivity contribution >= 4 is 45.7 Å². The molecule has 8 heteroatoms. The van der Waals surface area contributed by atoms with Crippen LogP contribution < -0.4 is 10.3 Å². The van der Waals surface area contributed by atoms with E-state index in [1.807, 2.05) is 24.3 Å². The van der Waals surface area contributed by atoms with Gasteiger partial charge in [0.05, 0.1) is 20.7 Å². The van der Waals surface area contributed by atoms with Gasteiger partial charge in [0.25, 0.3) is 5.56 Å².